The van der Waals surface area contributed by atoms with E-state index in [-0.39, 0.29) is 5.91 Å². The molecule has 4 nitrogen and oxygen atoms in total. The van der Waals surface area contributed by atoms with Crippen molar-refractivity contribution >= 4 is 5.91 Å². The van der Waals surface area contributed by atoms with E-state index >= 15 is 0 Å². The molecule has 0 aliphatic carbocycles. The minimum Gasteiger partial charge on any atom is -0.355 e. The van der Waals surface area contributed by atoms with Gasteiger partial charge < -0.3 is 5.32 Å². The average molecular weight is 303 g/mol. The summed E-state index contributed by atoms with van der Waals surface area (Å²) >= 11 is 0. The molecule has 1 aromatic rings. The molecule has 0 spiro atoms. The van der Waals surface area contributed by atoms with Crippen molar-refractivity contribution in [3.63, 3.8) is 0 Å². The van der Waals surface area contributed by atoms with E-state index in [0.29, 0.717) is 12.5 Å². The predicted molar refractivity (Wildman–Crippen MR) is 90.7 cm³/mol. The van der Waals surface area contributed by atoms with Gasteiger partial charge in [0.15, 0.2) is 0 Å². The van der Waals surface area contributed by atoms with Gasteiger partial charge in [-0.3, -0.25) is 14.6 Å². The summed E-state index contributed by atoms with van der Waals surface area (Å²) in [5.74, 6) is 0.663. The van der Waals surface area contributed by atoms with Gasteiger partial charge in [0.1, 0.15) is 0 Å². The molecule has 0 aromatic heterocycles. The molecule has 1 aromatic carbocycles. The van der Waals surface area contributed by atoms with Gasteiger partial charge in [-0.2, -0.15) is 0 Å². The van der Waals surface area contributed by atoms with Crippen molar-refractivity contribution in [1.29, 1.82) is 0 Å². The van der Waals surface area contributed by atoms with E-state index in [0.717, 1.165) is 39.3 Å². The van der Waals surface area contributed by atoms with Crippen LogP contribution in [0.5, 0.6) is 0 Å². The van der Waals surface area contributed by atoms with Gasteiger partial charge in [-0.1, -0.05) is 38.1 Å². The van der Waals surface area contributed by atoms with E-state index in [1.807, 2.05) is 0 Å². The molecule has 1 saturated heterocycles. The minimum absolute atomic E-state index is 0.154. The van der Waals surface area contributed by atoms with Crippen LogP contribution in [0.3, 0.4) is 0 Å². The van der Waals surface area contributed by atoms with Crippen LogP contribution in [0.4, 0.5) is 0 Å². The molecule has 1 aliphatic rings. The number of nitrogens with zero attached hydrogens (tertiary/aromatic N) is 2. The molecule has 4 heteroatoms. The second-order valence-electron chi connectivity index (χ2n) is 6.68. The topological polar surface area (TPSA) is 35.6 Å². The summed E-state index contributed by atoms with van der Waals surface area (Å²) in [5, 5.41) is 2.99. The van der Waals surface area contributed by atoms with E-state index in [4.69, 9.17) is 0 Å². The summed E-state index contributed by atoms with van der Waals surface area (Å²) in [6, 6.07) is 8.58. The van der Waals surface area contributed by atoms with Crippen LogP contribution < -0.4 is 5.32 Å². The predicted octanol–water partition coefficient (Wildman–Crippen LogP) is 1.88. The number of carbonyl (C=O) groups excluding carboxylic acids is 1. The van der Waals surface area contributed by atoms with Crippen molar-refractivity contribution in [3.05, 3.63) is 35.4 Å². The third-order valence-electron chi connectivity index (χ3n) is 4.19. The monoisotopic (exact) mass is 303 g/mol. The number of piperazine rings is 1. The highest BCUT2D eigenvalue weighted by Gasteiger charge is 2.19. The van der Waals surface area contributed by atoms with Crippen molar-refractivity contribution < 1.29 is 4.79 Å². The molecule has 1 fully saturated rings. The second kappa shape index (κ2) is 8.30. The van der Waals surface area contributed by atoms with Gasteiger partial charge in [-0.15, -0.1) is 0 Å². The maximum absolute atomic E-state index is 11.9. The van der Waals surface area contributed by atoms with E-state index in [1.165, 1.54) is 11.1 Å². The fourth-order valence-electron chi connectivity index (χ4n) is 2.71. The van der Waals surface area contributed by atoms with E-state index in [9.17, 15) is 4.79 Å². The summed E-state index contributed by atoms with van der Waals surface area (Å²) < 4.78 is 0. The summed E-state index contributed by atoms with van der Waals surface area (Å²) in [6.07, 6.45) is 0. The number of rotatable bonds is 6. The molecule has 0 bridgehead atoms. The summed E-state index contributed by atoms with van der Waals surface area (Å²) in [5.41, 5.74) is 2.77. The minimum atomic E-state index is 0.154. The third kappa shape index (κ3) is 5.43. The van der Waals surface area contributed by atoms with Crippen LogP contribution in [0.2, 0.25) is 0 Å². The first kappa shape index (κ1) is 17.0. The first-order chi connectivity index (χ1) is 10.5. The lowest BCUT2D eigenvalue weighted by Crippen LogP contribution is -2.49. The quantitative estimate of drug-likeness (QED) is 0.872. The lowest BCUT2D eigenvalue weighted by atomic mass is 10.1. The first-order valence-electron chi connectivity index (χ1n) is 8.30. The number of carbonyl (C=O) groups is 1. The van der Waals surface area contributed by atoms with E-state index in [2.05, 4.69) is 60.2 Å². The maximum Gasteiger partial charge on any atom is 0.234 e. The highest BCUT2D eigenvalue weighted by Crippen LogP contribution is 2.12. The van der Waals surface area contributed by atoms with E-state index < -0.39 is 0 Å². The molecule has 122 valence electrons. The molecular formula is C18H29N3O. The largest absolute Gasteiger partial charge is 0.355 e. The summed E-state index contributed by atoms with van der Waals surface area (Å²) in [7, 11) is 0. The van der Waals surface area contributed by atoms with Gasteiger partial charge in [-0.25, -0.2) is 0 Å². The molecule has 22 heavy (non-hydrogen) atoms. The molecular weight excluding hydrogens is 274 g/mol. The molecule has 1 heterocycles. The Balaban J connectivity index is 1.72. The van der Waals surface area contributed by atoms with Crippen LogP contribution in [0.15, 0.2) is 24.3 Å². The Morgan fingerprint density at radius 3 is 2.41 bits per heavy atom. The van der Waals surface area contributed by atoms with Crippen LogP contribution in [-0.2, 0) is 11.3 Å². The van der Waals surface area contributed by atoms with Crippen molar-refractivity contribution in [2.75, 3.05) is 39.3 Å². The molecule has 0 atom stereocenters. The van der Waals surface area contributed by atoms with Crippen molar-refractivity contribution in [2.45, 2.75) is 27.3 Å². The Hall–Kier alpha value is -1.39. The van der Waals surface area contributed by atoms with Crippen LogP contribution in [0.1, 0.15) is 25.0 Å². The van der Waals surface area contributed by atoms with Crippen molar-refractivity contribution in [2.24, 2.45) is 5.92 Å². The Bertz CT molecular complexity index is 479. The molecule has 0 radical (unpaired) electrons. The van der Waals surface area contributed by atoms with Gasteiger partial charge in [0.05, 0.1) is 6.54 Å². The number of benzene rings is 1. The number of hydrogen-bond acceptors (Lipinski definition) is 3. The summed E-state index contributed by atoms with van der Waals surface area (Å²) in [6.45, 7) is 12.7. The third-order valence-corrected chi connectivity index (χ3v) is 4.19. The zero-order valence-electron chi connectivity index (χ0n) is 14.1. The zero-order chi connectivity index (χ0) is 15.9. The molecule has 1 aliphatic heterocycles. The van der Waals surface area contributed by atoms with Crippen molar-refractivity contribution in [1.82, 2.24) is 15.1 Å². The normalized spacial score (nSPS) is 16.9. The zero-order valence-corrected chi connectivity index (χ0v) is 14.1. The first-order valence-corrected chi connectivity index (χ1v) is 8.30. The van der Waals surface area contributed by atoms with Crippen LogP contribution in [0.25, 0.3) is 0 Å². The van der Waals surface area contributed by atoms with Crippen LogP contribution in [0, 0.1) is 12.8 Å². The Labute approximate surface area is 134 Å². The maximum atomic E-state index is 11.9. The number of aryl methyl sites for hydroxylation is 1. The summed E-state index contributed by atoms with van der Waals surface area (Å²) in [4.78, 5) is 16.6. The van der Waals surface area contributed by atoms with Gasteiger partial charge in [-0.05, 0) is 24.0 Å². The van der Waals surface area contributed by atoms with Gasteiger partial charge >= 0.3 is 0 Å². The van der Waals surface area contributed by atoms with Gasteiger partial charge in [0.2, 0.25) is 5.91 Å². The smallest absolute Gasteiger partial charge is 0.234 e. The Morgan fingerprint density at radius 2 is 1.77 bits per heavy atom. The molecule has 0 unspecified atom stereocenters. The standard InChI is InChI=1S/C18H29N3O/c1-15(2)12-19-18(22)14-21-10-8-20(9-11-21)13-17-7-5-4-6-16(17)3/h4-7,15H,8-14H2,1-3H3,(H,19,22). The Kier molecular flexibility index (Phi) is 6.40. The van der Waals surface area contributed by atoms with Crippen LogP contribution >= 0.6 is 0 Å². The van der Waals surface area contributed by atoms with Gasteiger partial charge in [0, 0.05) is 39.3 Å². The number of amides is 1. The molecule has 2 rings (SSSR count). The lowest BCUT2D eigenvalue weighted by Gasteiger charge is -2.34. The Morgan fingerprint density at radius 1 is 1.14 bits per heavy atom. The molecule has 0 saturated carbocycles. The number of nitrogens with one attached hydrogen (secondary N) is 1. The fraction of sp³-hybridized carbons (Fsp3) is 0.611. The highest BCUT2D eigenvalue weighted by molar-refractivity contribution is 5.78. The van der Waals surface area contributed by atoms with Crippen LogP contribution in [-0.4, -0.2) is 55.0 Å². The average Bonchev–Trinajstić information content (AvgIpc) is 2.49. The van der Waals surface area contributed by atoms with E-state index in [1.54, 1.807) is 0 Å². The second-order valence-corrected chi connectivity index (χ2v) is 6.68. The molecule has 1 amide bonds. The highest BCUT2D eigenvalue weighted by atomic mass is 16.2. The SMILES string of the molecule is Cc1ccccc1CN1CCN(CC(=O)NCC(C)C)CC1. The lowest BCUT2D eigenvalue weighted by molar-refractivity contribution is -0.122. The fourth-order valence-corrected chi connectivity index (χ4v) is 2.71. The number of hydrogen-bond donors (Lipinski definition) is 1. The van der Waals surface area contributed by atoms with Gasteiger partial charge in [0.25, 0.3) is 0 Å². The molecule has 1 N–H and O–H groups in total. The van der Waals surface area contributed by atoms with Crippen molar-refractivity contribution in [3.8, 4) is 0 Å².